The second-order valence-electron chi connectivity index (χ2n) is 3.42. The van der Waals surface area contributed by atoms with Crippen LogP contribution in [0.4, 0.5) is 0 Å². The molecule has 0 amide bonds. The summed E-state index contributed by atoms with van der Waals surface area (Å²) in [5.74, 6) is 0.533. The molecule has 1 nitrogen and oxygen atoms in total. The van der Waals surface area contributed by atoms with Crippen molar-refractivity contribution < 1.29 is 0 Å². The highest BCUT2D eigenvalue weighted by molar-refractivity contribution is 5.66. The van der Waals surface area contributed by atoms with Crippen LogP contribution in [0.2, 0.25) is 0 Å². The van der Waals surface area contributed by atoms with E-state index in [9.17, 15) is 0 Å². The fourth-order valence-corrected chi connectivity index (χ4v) is 1.44. The minimum atomic E-state index is 0.533. The van der Waals surface area contributed by atoms with E-state index in [1.807, 2.05) is 6.07 Å². The smallest absolute Gasteiger partial charge is 0.0112 e. The van der Waals surface area contributed by atoms with Crippen LogP contribution in [0.15, 0.2) is 36.4 Å². The van der Waals surface area contributed by atoms with Gasteiger partial charge in [0, 0.05) is 6.54 Å². The van der Waals surface area contributed by atoms with Crippen LogP contribution in [0, 0.1) is 5.92 Å². The van der Waals surface area contributed by atoms with Crippen molar-refractivity contribution in [3.8, 4) is 0 Å². The fraction of sp³-hybridized carbons (Fsp3) is 0.333. The first kappa shape index (κ1) is 10.0. The van der Waals surface area contributed by atoms with Gasteiger partial charge in [-0.05, 0) is 17.1 Å². The molecule has 0 unspecified atom stereocenters. The highest BCUT2D eigenvalue weighted by Crippen LogP contribution is 2.21. The van der Waals surface area contributed by atoms with Crippen molar-refractivity contribution in [3.63, 3.8) is 0 Å². The van der Waals surface area contributed by atoms with Gasteiger partial charge < -0.3 is 5.73 Å². The lowest BCUT2D eigenvalue weighted by Crippen LogP contribution is -2.00. The van der Waals surface area contributed by atoms with Crippen LogP contribution in [-0.2, 0) is 0 Å². The van der Waals surface area contributed by atoms with Gasteiger partial charge in [0.05, 0.1) is 0 Å². The molecule has 0 aromatic heterocycles. The predicted octanol–water partition coefficient (Wildman–Crippen LogP) is 2.68. The predicted molar refractivity (Wildman–Crippen MR) is 58.3 cm³/mol. The van der Waals surface area contributed by atoms with Crippen molar-refractivity contribution >= 4 is 5.57 Å². The number of hydrogen-bond donors (Lipinski definition) is 1. The van der Waals surface area contributed by atoms with E-state index >= 15 is 0 Å². The van der Waals surface area contributed by atoms with Gasteiger partial charge >= 0.3 is 0 Å². The lowest BCUT2D eigenvalue weighted by molar-refractivity contribution is 0.852. The van der Waals surface area contributed by atoms with Crippen LogP contribution in [0.3, 0.4) is 0 Å². The van der Waals surface area contributed by atoms with Crippen LogP contribution in [-0.4, -0.2) is 6.54 Å². The normalized spacial score (nSPS) is 12.2. The monoisotopic (exact) mass is 175 g/mol. The van der Waals surface area contributed by atoms with E-state index in [0.717, 1.165) is 0 Å². The second-order valence-corrected chi connectivity index (χ2v) is 3.42. The Bertz CT molecular complexity index is 272. The van der Waals surface area contributed by atoms with E-state index in [2.05, 4.69) is 44.2 Å². The second kappa shape index (κ2) is 4.83. The number of rotatable bonds is 3. The van der Waals surface area contributed by atoms with E-state index in [1.54, 1.807) is 0 Å². The Morgan fingerprint density at radius 3 is 2.38 bits per heavy atom. The average Bonchev–Trinajstić information content (AvgIpc) is 2.15. The summed E-state index contributed by atoms with van der Waals surface area (Å²) in [6, 6.07) is 10.4. The van der Waals surface area contributed by atoms with E-state index in [0.29, 0.717) is 12.5 Å². The first-order chi connectivity index (χ1) is 6.25. The number of nitrogens with two attached hydrogens (primary N) is 1. The summed E-state index contributed by atoms with van der Waals surface area (Å²) in [6.07, 6.45) is 2.10. The molecule has 1 aromatic carbocycles. The van der Waals surface area contributed by atoms with Gasteiger partial charge in [-0.2, -0.15) is 0 Å². The first-order valence-electron chi connectivity index (χ1n) is 4.71. The van der Waals surface area contributed by atoms with Crippen molar-refractivity contribution in [2.45, 2.75) is 13.8 Å². The molecule has 0 saturated heterocycles. The third-order valence-electron chi connectivity index (χ3n) is 2.07. The molecule has 70 valence electrons. The summed E-state index contributed by atoms with van der Waals surface area (Å²) in [6.45, 7) is 4.99. The first-order valence-corrected chi connectivity index (χ1v) is 4.71. The molecule has 0 spiro atoms. The molecular weight excluding hydrogens is 158 g/mol. The maximum atomic E-state index is 5.53. The number of benzene rings is 1. The van der Waals surface area contributed by atoms with Crippen molar-refractivity contribution in [1.82, 2.24) is 0 Å². The molecule has 0 heterocycles. The van der Waals surface area contributed by atoms with E-state index < -0.39 is 0 Å². The van der Waals surface area contributed by atoms with Crippen LogP contribution in [0.1, 0.15) is 19.4 Å². The van der Waals surface area contributed by atoms with E-state index in [-0.39, 0.29) is 0 Å². The quantitative estimate of drug-likeness (QED) is 0.751. The molecule has 0 bridgehead atoms. The highest BCUT2D eigenvalue weighted by atomic mass is 14.5. The SMILES string of the molecule is CC(C)/C(=C/CN)c1ccccc1. The van der Waals surface area contributed by atoms with Crippen molar-refractivity contribution in [2.24, 2.45) is 11.7 Å². The molecule has 1 rings (SSSR count). The molecule has 13 heavy (non-hydrogen) atoms. The van der Waals surface area contributed by atoms with E-state index in [1.165, 1.54) is 11.1 Å². The molecule has 0 radical (unpaired) electrons. The van der Waals surface area contributed by atoms with Gasteiger partial charge in [0.25, 0.3) is 0 Å². The summed E-state index contributed by atoms with van der Waals surface area (Å²) in [5.41, 5.74) is 8.14. The van der Waals surface area contributed by atoms with Crippen LogP contribution >= 0.6 is 0 Å². The van der Waals surface area contributed by atoms with Gasteiger partial charge in [0.1, 0.15) is 0 Å². The third-order valence-corrected chi connectivity index (χ3v) is 2.07. The van der Waals surface area contributed by atoms with Gasteiger partial charge in [0.2, 0.25) is 0 Å². The lowest BCUT2D eigenvalue weighted by atomic mass is 9.95. The standard InChI is InChI=1S/C12H17N/c1-10(2)12(8-9-13)11-6-4-3-5-7-11/h3-8,10H,9,13H2,1-2H3/b12-8-. The Kier molecular flexibility index (Phi) is 3.71. The molecule has 0 fully saturated rings. The molecule has 0 aliphatic carbocycles. The summed E-state index contributed by atoms with van der Waals surface area (Å²) in [5, 5.41) is 0. The van der Waals surface area contributed by atoms with Crippen LogP contribution in [0.5, 0.6) is 0 Å². The summed E-state index contributed by atoms with van der Waals surface area (Å²) >= 11 is 0. The summed E-state index contributed by atoms with van der Waals surface area (Å²) in [4.78, 5) is 0. The lowest BCUT2D eigenvalue weighted by Gasteiger charge is -2.11. The molecule has 0 saturated carbocycles. The Morgan fingerprint density at radius 2 is 1.92 bits per heavy atom. The molecule has 1 heteroatoms. The topological polar surface area (TPSA) is 26.0 Å². The Labute approximate surface area is 80.3 Å². The molecular formula is C12H17N. The maximum absolute atomic E-state index is 5.53. The number of hydrogen-bond acceptors (Lipinski definition) is 1. The third kappa shape index (κ3) is 2.71. The summed E-state index contributed by atoms with van der Waals surface area (Å²) < 4.78 is 0. The van der Waals surface area contributed by atoms with Crippen molar-refractivity contribution in [1.29, 1.82) is 0 Å². The van der Waals surface area contributed by atoms with Crippen molar-refractivity contribution in [2.75, 3.05) is 6.54 Å². The molecule has 0 aliphatic rings. The van der Waals surface area contributed by atoms with Gasteiger partial charge in [-0.3, -0.25) is 0 Å². The van der Waals surface area contributed by atoms with Crippen LogP contribution in [0.25, 0.3) is 5.57 Å². The Morgan fingerprint density at radius 1 is 1.31 bits per heavy atom. The van der Waals surface area contributed by atoms with Crippen molar-refractivity contribution in [3.05, 3.63) is 42.0 Å². The largest absolute Gasteiger partial charge is 0.327 e. The zero-order chi connectivity index (χ0) is 9.68. The molecule has 0 atom stereocenters. The highest BCUT2D eigenvalue weighted by Gasteiger charge is 2.03. The molecule has 2 N–H and O–H groups in total. The zero-order valence-corrected chi connectivity index (χ0v) is 8.33. The summed E-state index contributed by atoms with van der Waals surface area (Å²) in [7, 11) is 0. The number of allylic oxidation sites excluding steroid dienone is 1. The van der Waals surface area contributed by atoms with Crippen LogP contribution < -0.4 is 5.73 Å². The molecule has 1 aromatic rings. The van der Waals surface area contributed by atoms with E-state index in [4.69, 9.17) is 5.73 Å². The zero-order valence-electron chi connectivity index (χ0n) is 8.33. The minimum absolute atomic E-state index is 0.533. The van der Waals surface area contributed by atoms with Gasteiger partial charge in [-0.25, -0.2) is 0 Å². The van der Waals surface area contributed by atoms with Gasteiger partial charge in [-0.1, -0.05) is 50.3 Å². The fourth-order valence-electron chi connectivity index (χ4n) is 1.44. The Hall–Kier alpha value is -1.08. The molecule has 0 aliphatic heterocycles. The van der Waals surface area contributed by atoms with Gasteiger partial charge in [-0.15, -0.1) is 0 Å². The average molecular weight is 175 g/mol. The van der Waals surface area contributed by atoms with Gasteiger partial charge in [0.15, 0.2) is 0 Å². The minimum Gasteiger partial charge on any atom is -0.327 e. The Balaban J connectivity index is 2.96. The maximum Gasteiger partial charge on any atom is 0.0112 e.